The van der Waals surface area contributed by atoms with Crippen LogP contribution in [0.5, 0.6) is 0 Å². The number of carboxylic acid groups (broad SMARTS) is 1. The van der Waals surface area contributed by atoms with Crippen LogP contribution in [0.25, 0.3) is 0 Å². The molecule has 1 aromatic heterocycles. The number of rotatable bonds is 4. The molecule has 6 heteroatoms. The summed E-state index contributed by atoms with van der Waals surface area (Å²) in [5, 5.41) is 8.88. The zero-order valence-electron chi connectivity index (χ0n) is 9.13. The summed E-state index contributed by atoms with van der Waals surface area (Å²) in [6.07, 6.45) is 0. The van der Waals surface area contributed by atoms with Gasteiger partial charge in [-0.1, -0.05) is 28.1 Å². The van der Waals surface area contributed by atoms with Crippen LogP contribution in [0.3, 0.4) is 0 Å². The predicted molar refractivity (Wildman–Crippen MR) is 69.9 cm³/mol. The van der Waals surface area contributed by atoms with Crippen molar-refractivity contribution in [3.8, 4) is 0 Å². The Kier molecular flexibility index (Phi) is 3.98. The molecule has 0 saturated heterocycles. The first-order valence-electron chi connectivity index (χ1n) is 5.02. The van der Waals surface area contributed by atoms with E-state index in [9.17, 15) is 9.00 Å². The number of benzene rings is 1. The molecule has 1 unspecified atom stereocenters. The van der Waals surface area contributed by atoms with Crippen LogP contribution >= 0.6 is 15.9 Å². The highest BCUT2D eigenvalue weighted by atomic mass is 79.9. The molecule has 2 rings (SSSR count). The van der Waals surface area contributed by atoms with Crippen LogP contribution in [0.2, 0.25) is 0 Å². The Bertz CT molecular complexity index is 606. The van der Waals surface area contributed by atoms with Gasteiger partial charge in [-0.15, -0.1) is 0 Å². The van der Waals surface area contributed by atoms with Gasteiger partial charge in [0, 0.05) is 4.47 Å². The van der Waals surface area contributed by atoms with Gasteiger partial charge in [0.1, 0.15) is 0 Å². The molecule has 1 atom stereocenters. The molecular weight excluding hydrogens is 320 g/mol. The van der Waals surface area contributed by atoms with Crippen LogP contribution in [0.4, 0.5) is 0 Å². The third-order valence-electron chi connectivity index (χ3n) is 2.20. The van der Waals surface area contributed by atoms with Crippen LogP contribution in [0.15, 0.2) is 50.4 Å². The SMILES string of the molecule is O=C(O)c1ccc(S(=O)Cc2cccc(Br)c2)o1. The zero-order valence-corrected chi connectivity index (χ0v) is 11.5. The number of hydrogen-bond donors (Lipinski definition) is 1. The second-order valence-corrected chi connectivity index (χ2v) is 5.84. The normalized spacial score (nSPS) is 12.3. The maximum atomic E-state index is 12.0. The van der Waals surface area contributed by atoms with Gasteiger partial charge in [0.2, 0.25) is 5.76 Å². The molecular formula is C12H9BrO4S. The molecule has 0 fully saturated rings. The molecule has 18 heavy (non-hydrogen) atoms. The van der Waals surface area contributed by atoms with Crippen molar-refractivity contribution in [1.82, 2.24) is 0 Å². The van der Waals surface area contributed by atoms with Crippen molar-refractivity contribution in [2.24, 2.45) is 0 Å². The highest BCUT2D eigenvalue weighted by Crippen LogP contribution is 2.18. The predicted octanol–water partition coefficient (Wildman–Crippen LogP) is 3.05. The Morgan fingerprint density at radius 2 is 2.11 bits per heavy atom. The van der Waals surface area contributed by atoms with Gasteiger partial charge in [0.05, 0.1) is 16.6 Å². The summed E-state index contributed by atoms with van der Waals surface area (Å²) in [6, 6.07) is 10.2. The minimum atomic E-state index is -1.39. The molecule has 1 aromatic carbocycles. The second kappa shape index (κ2) is 5.49. The monoisotopic (exact) mass is 328 g/mol. The summed E-state index contributed by atoms with van der Waals surface area (Å²) in [4.78, 5) is 10.6. The van der Waals surface area contributed by atoms with Crippen molar-refractivity contribution < 1.29 is 18.5 Å². The number of aromatic carboxylic acids is 1. The number of carbonyl (C=O) groups is 1. The van der Waals surface area contributed by atoms with Gasteiger partial charge in [-0.3, -0.25) is 4.21 Å². The molecule has 0 bridgehead atoms. The molecule has 1 N–H and O–H groups in total. The fraction of sp³-hybridized carbons (Fsp3) is 0.0833. The molecule has 0 amide bonds. The largest absolute Gasteiger partial charge is 0.475 e. The second-order valence-electron chi connectivity index (χ2n) is 3.54. The molecule has 0 spiro atoms. The highest BCUT2D eigenvalue weighted by molar-refractivity contribution is 9.10. The number of halogens is 1. The smallest absolute Gasteiger partial charge is 0.371 e. The lowest BCUT2D eigenvalue weighted by atomic mass is 10.2. The maximum absolute atomic E-state index is 12.0. The molecule has 0 saturated carbocycles. The maximum Gasteiger partial charge on any atom is 0.371 e. The van der Waals surface area contributed by atoms with E-state index < -0.39 is 16.8 Å². The summed E-state index contributed by atoms with van der Waals surface area (Å²) in [7, 11) is -1.39. The Hall–Kier alpha value is -1.40. The van der Waals surface area contributed by atoms with E-state index in [0.29, 0.717) is 0 Å². The molecule has 4 nitrogen and oxygen atoms in total. The van der Waals surface area contributed by atoms with Crippen LogP contribution in [0, 0.1) is 0 Å². The third-order valence-corrected chi connectivity index (χ3v) is 3.96. The topological polar surface area (TPSA) is 67.5 Å². The quantitative estimate of drug-likeness (QED) is 0.936. The van der Waals surface area contributed by atoms with Crippen LogP contribution < -0.4 is 0 Å². The van der Waals surface area contributed by atoms with Gasteiger partial charge in [0.25, 0.3) is 0 Å². The zero-order chi connectivity index (χ0) is 13.1. The van der Waals surface area contributed by atoms with Crippen molar-refractivity contribution in [3.05, 3.63) is 52.2 Å². The molecule has 94 valence electrons. The Balaban J connectivity index is 2.14. The Labute approximate surface area is 114 Å². The molecule has 2 aromatic rings. The van der Waals surface area contributed by atoms with E-state index in [0.717, 1.165) is 10.0 Å². The first-order valence-corrected chi connectivity index (χ1v) is 7.13. The van der Waals surface area contributed by atoms with Gasteiger partial charge in [0.15, 0.2) is 5.09 Å². The van der Waals surface area contributed by atoms with Crippen molar-refractivity contribution in [3.63, 3.8) is 0 Å². The number of carboxylic acids is 1. The number of furan rings is 1. The summed E-state index contributed by atoms with van der Waals surface area (Å²) in [6.45, 7) is 0. The third kappa shape index (κ3) is 3.08. The molecule has 1 heterocycles. The summed E-state index contributed by atoms with van der Waals surface area (Å²) in [5.41, 5.74) is 0.885. The first kappa shape index (κ1) is 13.0. The molecule has 0 aliphatic rings. The van der Waals surface area contributed by atoms with Crippen molar-refractivity contribution in [2.75, 3.05) is 0 Å². The van der Waals surface area contributed by atoms with Crippen LogP contribution in [0.1, 0.15) is 16.1 Å². The first-order chi connectivity index (χ1) is 8.56. The lowest BCUT2D eigenvalue weighted by Gasteiger charge is -2.00. The minimum Gasteiger partial charge on any atom is -0.475 e. The standard InChI is InChI=1S/C12H9BrO4S/c13-9-3-1-2-8(6-9)7-18(16)11-5-4-10(17-11)12(14)15/h1-6H,7H2,(H,14,15). The van der Waals surface area contributed by atoms with E-state index in [-0.39, 0.29) is 16.6 Å². The summed E-state index contributed by atoms with van der Waals surface area (Å²) >= 11 is 3.33. The van der Waals surface area contributed by atoms with Crippen molar-refractivity contribution in [1.29, 1.82) is 0 Å². The lowest BCUT2D eigenvalue weighted by molar-refractivity contribution is 0.0656. The van der Waals surface area contributed by atoms with Crippen molar-refractivity contribution in [2.45, 2.75) is 10.8 Å². The average molecular weight is 329 g/mol. The summed E-state index contributed by atoms with van der Waals surface area (Å²) < 4.78 is 17.9. The minimum absolute atomic E-state index is 0.173. The molecule has 0 aliphatic heterocycles. The van der Waals surface area contributed by atoms with Crippen molar-refractivity contribution >= 4 is 32.7 Å². The van der Waals surface area contributed by atoms with E-state index in [1.165, 1.54) is 12.1 Å². The van der Waals surface area contributed by atoms with Crippen LogP contribution in [-0.4, -0.2) is 15.3 Å². The Morgan fingerprint density at radius 3 is 2.72 bits per heavy atom. The van der Waals surface area contributed by atoms with E-state index in [1.807, 2.05) is 24.3 Å². The lowest BCUT2D eigenvalue weighted by Crippen LogP contribution is -1.96. The van der Waals surface area contributed by atoms with E-state index >= 15 is 0 Å². The summed E-state index contributed by atoms with van der Waals surface area (Å²) in [5.74, 6) is -1.08. The van der Waals surface area contributed by atoms with Gasteiger partial charge in [-0.2, -0.15) is 0 Å². The van der Waals surface area contributed by atoms with E-state index in [2.05, 4.69) is 15.9 Å². The van der Waals surface area contributed by atoms with Gasteiger partial charge in [-0.25, -0.2) is 4.79 Å². The van der Waals surface area contributed by atoms with E-state index in [4.69, 9.17) is 9.52 Å². The van der Waals surface area contributed by atoms with Gasteiger partial charge >= 0.3 is 5.97 Å². The average Bonchev–Trinajstić information content (AvgIpc) is 2.78. The van der Waals surface area contributed by atoms with Gasteiger partial charge in [-0.05, 0) is 29.8 Å². The fourth-order valence-corrected chi connectivity index (χ4v) is 2.88. The Morgan fingerprint density at radius 1 is 1.33 bits per heavy atom. The van der Waals surface area contributed by atoms with Crippen LogP contribution in [-0.2, 0) is 16.6 Å². The van der Waals surface area contributed by atoms with Gasteiger partial charge < -0.3 is 9.52 Å². The molecule has 0 aliphatic carbocycles. The fourth-order valence-electron chi connectivity index (χ4n) is 1.41. The van der Waals surface area contributed by atoms with E-state index in [1.54, 1.807) is 0 Å². The molecule has 0 radical (unpaired) electrons. The highest BCUT2D eigenvalue weighted by Gasteiger charge is 2.14. The number of hydrogen-bond acceptors (Lipinski definition) is 3.